The third-order valence-electron chi connectivity index (χ3n) is 2.63. The Morgan fingerprint density at radius 3 is 2.94 bits per heavy atom. The maximum Gasteiger partial charge on any atom is 0.144 e. The molecule has 0 fully saturated rings. The van der Waals surface area contributed by atoms with Gasteiger partial charge >= 0.3 is 0 Å². The van der Waals surface area contributed by atoms with Crippen LogP contribution >= 0.6 is 0 Å². The Morgan fingerprint density at radius 2 is 2.29 bits per heavy atom. The van der Waals surface area contributed by atoms with E-state index in [2.05, 4.69) is 22.2 Å². The standard InChI is InChI=1S/C12H22N4O/c1-3-16(8-9-17-4-2)10-11-6-5-7-14-12(11)15-13/h5-7H,3-4,8-10,13H2,1-2H3,(H,14,15). The fraction of sp³-hybridized carbons (Fsp3) is 0.583. The highest BCUT2D eigenvalue weighted by atomic mass is 16.5. The largest absolute Gasteiger partial charge is 0.380 e. The van der Waals surface area contributed by atoms with E-state index in [-0.39, 0.29) is 0 Å². The lowest BCUT2D eigenvalue weighted by Gasteiger charge is -2.21. The fourth-order valence-corrected chi connectivity index (χ4v) is 1.62. The maximum atomic E-state index is 5.43. The summed E-state index contributed by atoms with van der Waals surface area (Å²) in [7, 11) is 0. The van der Waals surface area contributed by atoms with E-state index in [0.29, 0.717) is 0 Å². The third kappa shape index (κ3) is 4.68. The number of nitrogens with two attached hydrogens (primary N) is 1. The van der Waals surface area contributed by atoms with Crippen molar-refractivity contribution in [2.75, 3.05) is 31.7 Å². The van der Waals surface area contributed by atoms with Gasteiger partial charge in [0.25, 0.3) is 0 Å². The molecule has 1 aromatic rings. The number of ether oxygens (including phenoxy) is 1. The molecule has 17 heavy (non-hydrogen) atoms. The van der Waals surface area contributed by atoms with E-state index in [1.807, 2.05) is 19.1 Å². The molecule has 1 rings (SSSR count). The van der Waals surface area contributed by atoms with Gasteiger partial charge in [0, 0.05) is 31.5 Å². The number of pyridine rings is 1. The molecular formula is C12H22N4O. The van der Waals surface area contributed by atoms with Crippen LogP contribution in [0.25, 0.3) is 0 Å². The van der Waals surface area contributed by atoms with Crippen molar-refractivity contribution in [2.45, 2.75) is 20.4 Å². The molecule has 96 valence electrons. The summed E-state index contributed by atoms with van der Waals surface area (Å²) in [5.74, 6) is 6.17. The zero-order valence-electron chi connectivity index (χ0n) is 10.6. The zero-order chi connectivity index (χ0) is 12.5. The third-order valence-corrected chi connectivity index (χ3v) is 2.63. The van der Waals surface area contributed by atoms with Crippen molar-refractivity contribution in [3.05, 3.63) is 23.9 Å². The molecule has 0 spiro atoms. The average molecular weight is 238 g/mol. The topological polar surface area (TPSA) is 63.4 Å². The molecule has 0 aliphatic rings. The predicted octanol–water partition coefficient (Wildman–Crippen LogP) is 1.23. The van der Waals surface area contributed by atoms with Gasteiger partial charge in [0.2, 0.25) is 0 Å². The summed E-state index contributed by atoms with van der Waals surface area (Å²) in [6, 6.07) is 3.96. The molecule has 1 aromatic heterocycles. The second-order valence-corrected chi connectivity index (χ2v) is 3.72. The number of hydrazine groups is 1. The molecule has 0 saturated carbocycles. The molecule has 0 aromatic carbocycles. The van der Waals surface area contributed by atoms with E-state index >= 15 is 0 Å². The van der Waals surface area contributed by atoms with Crippen molar-refractivity contribution >= 4 is 5.82 Å². The summed E-state index contributed by atoms with van der Waals surface area (Å²) in [6.07, 6.45) is 1.73. The minimum Gasteiger partial charge on any atom is -0.380 e. The average Bonchev–Trinajstić information content (AvgIpc) is 2.38. The Bertz CT molecular complexity index is 319. The molecule has 0 amide bonds. The monoisotopic (exact) mass is 238 g/mol. The van der Waals surface area contributed by atoms with E-state index < -0.39 is 0 Å². The van der Waals surface area contributed by atoms with Crippen LogP contribution in [0.15, 0.2) is 18.3 Å². The van der Waals surface area contributed by atoms with E-state index in [4.69, 9.17) is 10.6 Å². The quantitative estimate of drug-likeness (QED) is 0.405. The number of nitrogens with zero attached hydrogens (tertiary/aromatic N) is 2. The zero-order valence-corrected chi connectivity index (χ0v) is 10.6. The van der Waals surface area contributed by atoms with E-state index in [0.717, 1.165) is 44.2 Å². The number of hydrogen-bond donors (Lipinski definition) is 2. The number of rotatable bonds is 8. The van der Waals surface area contributed by atoms with E-state index in [1.54, 1.807) is 6.20 Å². The first-order valence-corrected chi connectivity index (χ1v) is 6.02. The highest BCUT2D eigenvalue weighted by Crippen LogP contribution is 2.12. The number of hydrogen-bond acceptors (Lipinski definition) is 5. The van der Waals surface area contributed by atoms with Crippen LogP contribution in [0.3, 0.4) is 0 Å². The summed E-state index contributed by atoms with van der Waals surface area (Å²) in [6.45, 7) is 8.40. The Kier molecular flexibility index (Phi) is 6.54. The first-order chi connectivity index (χ1) is 8.31. The molecule has 5 heteroatoms. The van der Waals surface area contributed by atoms with Gasteiger partial charge < -0.3 is 10.2 Å². The second kappa shape index (κ2) is 8.00. The molecule has 0 saturated heterocycles. The maximum absolute atomic E-state index is 5.43. The van der Waals surface area contributed by atoms with Crippen molar-refractivity contribution in [1.29, 1.82) is 0 Å². The highest BCUT2D eigenvalue weighted by molar-refractivity contribution is 5.42. The Morgan fingerprint density at radius 1 is 1.47 bits per heavy atom. The van der Waals surface area contributed by atoms with Crippen LogP contribution in [0.1, 0.15) is 19.4 Å². The first kappa shape index (κ1) is 13.9. The van der Waals surface area contributed by atoms with Gasteiger partial charge in [0.1, 0.15) is 5.82 Å². The summed E-state index contributed by atoms with van der Waals surface area (Å²) in [5.41, 5.74) is 3.73. The smallest absolute Gasteiger partial charge is 0.144 e. The van der Waals surface area contributed by atoms with Crippen LogP contribution in [0.5, 0.6) is 0 Å². The van der Waals surface area contributed by atoms with Crippen molar-refractivity contribution in [3.63, 3.8) is 0 Å². The number of nitrogen functional groups attached to an aromatic ring is 1. The molecule has 0 bridgehead atoms. The summed E-state index contributed by atoms with van der Waals surface area (Å²) < 4.78 is 5.36. The van der Waals surface area contributed by atoms with E-state index in [9.17, 15) is 0 Å². The Hall–Kier alpha value is -1.17. The summed E-state index contributed by atoms with van der Waals surface area (Å²) in [4.78, 5) is 6.49. The van der Waals surface area contributed by atoms with Crippen molar-refractivity contribution in [3.8, 4) is 0 Å². The molecule has 0 atom stereocenters. The molecule has 1 heterocycles. The number of nitrogens with one attached hydrogen (secondary N) is 1. The number of anilines is 1. The molecular weight excluding hydrogens is 216 g/mol. The fourth-order valence-electron chi connectivity index (χ4n) is 1.62. The molecule has 0 radical (unpaired) electrons. The molecule has 3 N–H and O–H groups in total. The van der Waals surface area contributed by atoms with Crippen molar-refractivity contribution in [2.24, 2.45) is 5.84 Å². The Balaban J connectivity index is 2.54. The van der Waals surface area contributed by atoms with Crippen molar-refractivity contribution < 1.29 is 4.74 Å². The predicted molar refractivity (Wildman–Crippen MR) is 69.5 cm³/mol. The minimum absolute atomic E-state index is 0.738. The molecule has 0 aliphatic carbocycles. The lowest BCUT2D eigenvalue weighted by molar-refractivity contribution is 0.113. The van der Waals surface area contributed by atoms with Crippen LogP contribution in [0.2, 0.25) is 0 Å². The van der Waals surface area contributed by atoms with Gasteiger partial charge in [-0.2, -0.15) is 0 Å². The number of aromatic nitrogens is 1. The van der Waals surface area contributed by atoms with Crippen LogP contribution < -0.4 is 11.3 Å². The van der Waals surface area contributed by atoms with Gasteiger partial charge in [-0.1, -0.05) is 13.0 Å². The van der Waals surface area contributed by atoms with E-state index in [1.165, 1.54) is 0 Å². The second-order valence-electron chi connectivity index (χ2n) is 3.72. The highest BCUT2D eigenvalue weighted by Gasteiger charge is 2.07. The minimum atomic E-state index is 0.738. The van der Waals surface area contributed by atoms with Crippen LogP contribution in [0.4, 0.5) is 5.82 Å². The normalized spacial score (nSPS) is 10.8. The van der Waals surface area contributed by atoms with Crippen molar-refractivity contribution in [1.82, 2.24) is 9.88 Å². The van der Waals surface area contributed by atoms with Gasteiger partial charge in [0.15, 0.2) is 0 Å². The van der Waals surface area contributed by atoms with Gasteiger partial charge in [-0.05, 0) is 19.5 Å². The van der Waals surface area contributed by atoms with Crippen LogP contribution in [-0.4, -0.2) is 36.2 Å². The lowest BCUT2D eigenvalue weighted by Crippen LogP contribution is -2.28. The summed E-state index contributed by atoms with van der Waals surface area (Å²) in [5, 5.41) is 0. The first-order valence-electron chi connectivity index (χ1n) is 6.02. The van der Waals surface area contributed by atoms with Gasteiger partial charge in [-0.15, -0.1) is 0 Å². The Labute approximate surface area is 103 Å². The SMILES string of the molecule is CCOCCN(CC)Cc1cccnc1NN. The summed E-state index contributed by atoms with van der Waals surface area (Å²) >= 11 is 0. The molecule has 5 nitrogen and oxygen atoms in total. The molecule has 0 unspecified atom stereocenters. The molecule has 0 aliphatic heterocycles. The lowest BCUT2D eigenvalue weighted by atomic mass is 10.2. The van der Waals surface area contributed by atoms with Gasteiger partial charge in [0.05, 0.1) is 6.61 Å². The van der Waals surface area contributed by atoms with Gasteiger partial charge in [-0.3, -0.25) is 4.90 Å². The number of likely N-dealkylation sites (N-methyl/N-ethyl adjacent to an activating group) is 1. The van der Waals surface area contributed by atoms with Gasteiger partial charge in [-0.25, -0.2) is 10.8 Å². The van der Waals surface area contributed by atoms with Crippen LogP contribution in [-0.2, 0) is 11.3 Å². The van der Waals surface area contributed by atoms with Crippen LogP contribution in [0, 0.1) is 0 Å².